The van der Waals surface area contributed by atoms with Gasteiger partial charge in [0.1, 0.15) is 12.4 Å². The molecule has 0 aromatic heterocycles. The molecule has 2 N–H and O–H groups in total. The maximum atomic E-state index is 12.5. The molecule has 0 aliphatic carbocycles. The highest BCUT2D eigenvalue weighted by atomic mass is 16.6. The molecule has 9 nitrogen and oxygen atoms in total. The number of nitrogens with zero attached hydrogens (tertiary/aromatic N) is 1. The van der Waals surface area contributed by atoms with E-state index in [2.05, 4.69) is 10.6 Å². The molecule has 3 amide bonds. The molecule has 2 aliphatic heterocycles. The Morgan fingerprint density at radius 3 is 2.50 bits per heavy atom. The van der Waals surface area contributed by atoms with Gasteiger partial charge >= 0.3 is 0 Å². The highest BCUT2D eigenvalue weighted by Gasteiger charge is 2.36. The Hall–Kier alpha value is -3.75. The van der Waals surface area contributed by atoms with Crippen molar-refractivity contribution < 1.29 is 28.6 Å². The average Bonchev–Trinajstić information content (AvgIpc) is 3.22. The number of nitrogens with one attached hydrogen (secondary N) is 2. The SMILES string of the molecule is COc1ccccc1N1CC(C(=O)NCCNC(=O)C2COc3ccccc3O2)CC1=O. The molecule has 0 saturated carbocycles. The zero-order valence-electron chi connectivity index (χ0n) is 17.7. The molecule has 2 atom stereocenters. The summed E-state index contributed by atoms with van der Waals surface area (Å²) in [6.45, 7) is 0.888. The van der Waals surface area contributed by atoms with Crippen LogP contribution in [0.3, 0.4) is 0 Å². The number of hydrogen-bond donors (Lipinski definition) is 2. The number of carbonyl (C=O) groups excluding carboxylic acids is 3. The van der Waals surface area contributed by atoms with E-state index in [4.69, 9.17) is 14.2 Å². The topological polar surface area (TPSA) is 106 Å². The first-order chi connectivity index (χ1) is 15.6. The first kappa shape index (κ1) is 21.5. The summed E-state index contributed by atoms with van der Waals surface area (Å²) >= 11 is 0. The zero-order valence-corrected chi connectivity index (χ0v) is 17.7. The van der Waals surface area contributed by atoms with Crippen molar-refractivity contribution in [1.29, 1.82) is 0 Å². The fourth-order valence-electron chi connectivity index (χ4n) is 3.75. The first-order valence-corrected chi connectivity index (χ1v) is 10.4. The number of anilines is 1. The van der Waals surface area contributed by atoms with Gasteiger partial charge in [-0.2, -0.15) is 0 Å². The van der Waals surface area contributed by atoms with Gasteiger partial charge in [-0.15, -0.1) is 0 Å². The minimum absolute atomic E-state index is 0.123. The van der Waals surface area contributed by atoms with Crippen LogP contribution in [-0.4, -0.2) is 57.2 Å². The van der Waals surface area contributed by atoms with Gasteiger partial charge in [0.15, 0.2) is 11.5 Å². The quantitative estimate of drug-likeness (QED) is 0.627. The number of fused-ring (bicyclic) bond motifs is 1. The van der Waals surface area contributed by atoms with E-state index in [0.29, 0.717) is 22.9 Å². The smallest absolute Gasteiger partial charge is 0.264 e. The summed E-state index contributed by atoms with van der Waals surface area (Å²) in [5.74, 6) is 0.589. The lowest BCUT2D eigenvalue weighted by Gasteiger charge is -2.25. The van der Waals surface area contributed by atoms with Crippen molar-refractivity contribution in [3.63, 3.8) is 0 Å². The molecule has 168 valence electrons. The highest BCUT2D eigenvalue weighted by molar-refractivity contribution is 6.01. The van der Waals surface area contributed by atoms with Gasteiger partial charge in [-0.25, -0.2) is 0 Å². The van der Waals surface area contributed by atoms with E-state index < -0.39 is 12.0 Å². The monoisotopic (exact) mass is 439 g/mol. The third-order valence-electron chi connectivity index (χ3n) is 5.40. The fourth-order valence-corrected chi connectivity index (χ4v) is 3.75. The maximum absolute atomic E-state index is 12.5. The van der Waals surface area contributed by atoms with Gasteiger partial charge in [0.2, 0.25) is 17.9 Å². The first-order valence-electron chi connectivity index (χ1n) is 10.4. The predicted octanol–water partition coefficient (Wildman–Crippen LogP) is 1.12. The van der Waals surface area contributed by atoms with Crippen molar-refractivity contribution in [3.05, 3.63) is 48.5 Å². The highest BCUT2D eigenvalue weighted by Crippen LogP contribution is 2.33. The lowest BCUT2D eigenvalue weighted by Crippen LogP contribution is -2.46. The van der Waals surface area contributed by atoms with Gasteiger partial charge < -0.3 is 29.7 Å². The van der Waals surface area contributed by atoms with Crippen molar-refractivity contribution >= 4 is 23.4 Å². The number of para-hydroxylation sites is 4. The van der Waals surface area contributed by atoms with Gasteiger partial charge in [0.05, 0.1) is 18.7 Å². The van der Waals surface area contributed by atoms with Crippen molar-refractivity contribution in [2.45, 2.75) is 12.5 Å². The van der Waals surface area contributed by atoms with Gasteiger partial charge in [-0.05, 0) is 24.3 Å². The molecule has 2 aromatic rings. The van der Waals surface area contributed by atoms with Crippen LogP contribution in [-0.2, 0) is 14.4 Å². The average molecular weight is 439 g/mol. The Morgan fingerprint density at radius 2 is 1.72 bits per heavy atom. The van der Waals surface area contributed by atoms with Crippen LogP contribution in [0.5, 0.6) is 17.2 Å². The van der Waals surface area contributed by atoms with E-state index in [1.165, 1.54) is 0 Å². The minimum atomic E-state index is -0.748. The Bertz CT molecular complexity index is 1010. The summed E-state index contributed by atoms with van der Waals surface area (Å²) in [5.41, 5.74) is 0.652. The lowest BCUT2D eigenvalue weighted by molar-refractivity contribution is -0.130. The lowest BCUT2D eigenvalue weighted by atomic mass is 10.1. The molecular formula is C23H25N3O6. The summed E-state index contributed by atoms with van der Waals surface area (Å²) in [5, 5.41) is 5.52. The Morgan fingerprint density at radius 1 is 1.03 bits per heavy atom. The number of benzene rings is 2. The van der Waals surface area contributed by atoms with Gasteiger partial charge in [0, 0.05) is 26.1 Å². The normalized spacial score (nSPS) is 19.4. The fraction of sp³-hybridized carbons (Fsp3) is 0.348. The van der Waals surface area contributed by atoms with Crippen LogP contribution in [0.25, 0.3) is 0 Å². The molecule has 1 saturated heterocycles. The molecule has 2 unspecified atom stereocenters. The third-order valence-corrected chi connectivity index (χ3v) is 5.40. The molecule has 2 aliphatic rings. The van der Waals surface area contributed by atoms with Crippen LogP contribution in [0.2, 0.25) is 0 Å². The van der Waals surface area contributed by atoms with E-state index >= 15 is 0 Å². The molecule has 0 bridgehead atoms. The van der Waals surface area contributed by atoms with E-state index in [1.54, 1.807) is 42.3 Å². The Balaban J connectivity index is 1.22. The zero-order chi connectivity index (χ0) is 22.5. The predicted molar refractivity (Wildman–Crippen MR) is 116 cm³/mol. The molecular weight excluding hydrogens is 414 g/mol. The van der Waals surface area contributed by atoms with E-state index in [9.17, 15) is 14.4 Å². The van der Waals surface area contributed by atoms with Crippen molar-refractivity contribution in [1.82, 2.24) is 10.6 Å². The standard InChI is InChI=1S/C23H25N3O6/c1-30-17-7-3-2-6-16(17)26-13-15(12-21(26)27)22(28)24-10-11-25-23(29)20-14-31-18-8-4-5-9-19(18)32-20/h2-9,15,20H,10-14H2,1H3,(H,24,28)(H,25,29). The summed E-state index contributed by atoms with van der Waals surface area (Å²) in [6, 6.07) is 14.4. The van der Waals surface area contributed by atoms with Crippen molar-refractivity contribution in [2.75, 3.05) is 38.3 Å². The number of ether oxygens (including phenoxy) is 3. The second-order valence-corrected chi connectivity index (χ2v) is 7.52. The molecule has 32 heavy (non-hydrogen) atoms. The second kappa shape index (κ2) is 9.59. The molecule has 0 radical (unpaired) electrons. The third kappa shape index (κ3) is 4.61. The largest absolute Gasteiger partial charge is 0.495 e. The molecule has 4 rings (SSSR count). The van der Waals surface area contributed by atoms with E-state index in [0.717, 1.165) is 0 Å². The molecule has 1 fully saturated rings. The van der Waals surface area contributed by atoms with Gasteiger partial charge in [-0.3, -0.25) is 14.4 Å². The molecule has 2 heterocycles. The summed E-state index contributed by atoms with van der Waals surface area (Å²) in [4.78, 5) is 38.9. The van der Waals surface area contributed by atoms with Crippen molar-refractivity contribution in [3.8, 4) is 17.2 Å². The van der Waals surface area contributed by atoms with Gasteiger partial charge in [-0.1, -0.05) is 24.3 Å². The second-order valence-electron chi connectivity index (χ2n) is 7.52. The summed E-state index contributed by atoms with van der Waals surface area (Å²) in [6.07, 6.45) is -0.620. The molecule has 0 spiro atoms. The number of rotatable bonds is 7. The molecule has 9 heteroatoms. The number of hydrogen-bond acceptors (Lipinski definition) is 6. The summed E-state index contributed by atoms with van der Waals surface area (Å²) in [7, 11) is 1.54. The van der Waals surface area contributed by atoms with E-state index in [-0.39, 0.29) is 50.4 Å². The Labute approximate surface area is 185 Å². The van der Waals surface area contributed by atoms with Crippen molar-refractivity contribution in [2.24, 2.45) is 5.92 Å². The van der Waals surface area contributed by atoms with Crippen LogP contribution in [0.4, 0.5) is 5.69 Å². The summed E-state index contributed by atoms with van der Waals surface area (Å²) < 4.78 is 16.5. The van der Waals surface area contributed by atoms with Crippen LogP contribution < -0.4 is 29.7 Å². The van der Waals surface area contributed by atoms with Crippen LogP contribution in [0.1, 0.15) is 6.42 Å². The van der Waals surface area contributed by atoms with E-state index in [1.807, 2.05) is 18.2 Å². The number of carbonyl (C=O) groups is 3. The molecule has 2 aromatic carbocycles. The number of methoxy groups -OCH3 is 1. The van der Waals surface area contributed by atoms with Crippen LogP contribution in [0.15, 0.2) is 48.5 Å². The minimum Gasteiger partial charge on any atom is -0.495 e. The number of amides is 3. The van der Waals surface area contributed by atoms with Gasteiger partial charge in [0.25, 0.3) is 5.91 Å². The Kier molecular flexibility index (Phi) is 6.44. The maximum Gasteiger partial charge on any atom is 0.264 e. The van der Waals surface area contributed by atoms with Crippen LogP contribution >= 0.6 is 0 Å². The van der Waals surface area contributed by atoms with Crippen LogP contribution in [0, 0.1) is 5.92 Å².